The first-order valence-corrected chi connectivity index (χ1v) is 4.94. The van der Waals surface area contributed by atoms with E-state index in [1.807, 2.05) is 31.1 Å². The number of benzene rings is 1. The minimum absolute atomic E-state index is 0.391. The van der Waals surface area contributed by atoms with Gasteiger partial charge in [-0.15, -0.1) is 0 Å². The Morgan fingerprint density at radius 1 is 1.47 bits per heavy atom. The predicted molar refractivity (Wildman–Crippen MR) is 60.2 cm³/mol. The first-order chi connectivity index (χ1) is 7.06. The Morgan fingerprint density at radius 3 is 2.67 bits per heavy atom. The van der Waals surface area contributed by atoms with Crippen LogP contribution in [0.3, 0.4) is 0 Å². The van der Waals surface area contributed by atoms with Gasteiger partial charge >= 0.3 is 5.97 Å². The van der Waals surface area contributed by atoms with E-state index in [1.165, 1.54) is 7.11 Å². The molecular formula is C11H14ClNO2. The van der Waals surface area contributed by atoms with Gasteiger partial charge in [0.2, 0.25) is 0 Å². The van der Waals surface area contributed by atoms with E-state index < -0.39 is 5.97 Å². The maximum Gasteiger partial charge on any atom is 0.339 e. The van der Waals surface area contributed by atoms with E-state index in [1.54, 1.807) is 6.07 Å². The van der Waals surface area contributed by atoms with Crippen molar-refractivity contribution < 1.29 is 9.53 Å². The van der Waals surface area contributed by atoms with Crippen molar-refractivity contribution in [2.75, 3.05) is 21.2 Å². The van der Waals surface area contributed by atoms with Crippen LogP contribution in [0, 0.1) is 0 Å². The van der Waals surface area contributed by atoms with Crippen molar-refractivity contribution in [3.8, 4) is 0 Å². The second-order valence-electron chi connectivity index (χ2n) is 3.50. The zero-order valence-corrected chi connectivity index (χ0v) is 9.84. The second kappa shape index (κ2) is 5.14. The Labute approximate surface area is 94.6 Å². The van der Waals surface area contributed by atoms with Gasteiger partial charge in [-0.1, -0.05) is 23.7 Å². The molecule has 0 aromatic heterocycles. The van der Waals surface area contributed by atoms with Crippen molar-refractivity contribution in [2.45, 2.75) is 6.54 Å². The van der Waals surface area contributed by atoms with Crippen LogP contribution in [0.2, 0.25) is 5.02 Å². The molecule has 0 fully saturated rings. The second-order valence-corrected chi connectivity index (χ2v) is 3.91. The van der Waals surface area contributed by atoms with E-state index in [9.17, 15) is 4.79 Å². The fourth-order valence-corrected chi connectivity index (χ4v) is 1.64. The summed E-state index contributed by atoms with van der Waals surface area (Å²) in [5, 5.41) is 0.432. The summed E-state index contributed by atoms with van der Waals surface area (Å²) >= 11 is 5.97. The minimum Gasteiger partial charge on any atom is -0.465 e. The molecule has 15 heavy (non-hydrogen) atoms. The summed E-state index contributed by atoms with van der Waals surface area (Å²) in [5.41, 5.74) is 1.33. The average molecular weight is 228 g/mol. The molecule has 82 valence electrons. The third-order valence-corrected chi connectivity index (χ3v) is 2.29. The zero-order valence-electron chi connectivity index (χ0n) is 9.08. The molecule has 0 aliphatic rings. The molecule has 1 aromatic carbocycles. The fraction of sp³-hybridized carbons (Fsp3) is 0.364. The predicted octanol–water partition coefficient (Wildman–Crippen LogP) is 2.19. The van der Waals surface area contributed by atoms with Crippen LogP contribution < -0.4 is 0 Å². The van der Waals surface area contributed by atoms with Crippen LogP contribution in [-0.4, -0.2) is 32.1 Å². The van der Waals surface area contributed by atoms with Gasteiger partial charge in [0.05, 0.1) is 17.7 Å². The summed E-state index contributed by atoms with van der Waals surface area (Å²) in [7, 11) is 5.22. The molecule has 0 atom stereocenters. The largest absolute Gasteiger partial charge is 0.465 e. The van der Waals surface area contributed by atoms with Crippen molar-refractivity contribution >= 4 is 17.6 Å². The highest BCUT2D eigenvalue weighted by Gasteiger charge is 2.15. The summed E-state index contributed by atoms with van der Waals surface area (Å²) in [5.74, 6) is -0.391. The van der Waals surface area contributed by atoms with E-state index in [0.717, 1.165) is 5.56 Å². The number of ether oxygens (including phenoxy) is 1. The molecule has 0 bridgehead atoms. The number of methoxy groups -OCH3 is 1. The van der Waals surface area contributed by atoms with E-state index in [2.05, 4.69) is 0 Å². The highest BCUT2D eigenvalue weighted by Crippen LogP contribution is 2.21. The van der Waals surface area contributed by atoms with Crippen molar-refractivity contribution in [3.63, 3.8) is 0 Å². The number of hydrogen-bond acceptors (Lipinski definition) is 3. The number of hydrogen-bond donors (Lipinski definition) is 0. The van der Waals surface area contributed by atoms with Gasteiger partial charge in [0, 0.05) is 6.54 Å². The Hall–Kier alpha value is -1.06. The number of rotatable bonds is 3. The van der Waals surface area contributed by atoms with Crippen LogP contribution in [0.4, 0.5) is 0 Å². The van der Waals surface area contributed by atoms with E-state index in [-0.39, 0.29) is 0 Å². The van der Waals surface area contributed by atoms with Crippen molar-refractivity contribution in [2.24, 2.45) is 0 Å². The van der Waals surface area contributed by atoms with Crippen molar-refractivity contribution in [1.82, 2.24) is 4.90 Å². The molecular weight excluding hydrogens is 214 g/mol. The Bertz CT molecular complexity index is 364. The van der Waals surface area contributed by atoms with Crippen LogP contribution in [0.1, 0.15) is 15.9 Å². The normalized spacial score (nSPS) is 10.5. The third kappa shape index (κ3) is 2.94. The Kier molecular flexibility index (Phi) is 4.12. The maximum absolute atomic E-state index is 11.5. The highest BCUT2D eigenvalue weighted by atomic mass is 35.5. The summed E-state index contributed by atoms with van der Waals surface area (Å²) in [6.07, 6.45) is 0. The number of carbonyl (C=O) groups excluding carboxylic acids is 1. The SMILES string of the molecule is COC(=O)c1c(Cl)cccc1CN(C)C. The molecule has 0 unspecified atom stereocenters. The van der Waals surface area contributed by atoms with Gasteiger partial charge in [0.1, 0.15) is 0 Å². The van der Waals surface area contributed by atoms with Gasteiger partial charge in [0.25, 0.3) is 0 Å². The molecule has 1 rings (SSSR count). The Balaban J connectivity index is 3.14. The smallest absolute Gasteiger partial charge is 0.339 e. The molecule has 0 saturated heterocycles. The number of carbonyl (C=O) groups is 1. The lowest BCUT2D eigenvalue weighted by Crippen LogP contribution is -2.15. The lowest BCUT2D eigenvalue weighted by Gasteiger charge is -2.13. The molecule has 0 aliphatic carbocycles. The molecule has 0 spiro atoms. The number of esters is 1. The van der Waals surface area contributed by atoms with Crippen molar-refractivity contribution in [1.29, 1.82) is 0 Å². The van der Waals surface area contributed by atoms with Gasteiger partial charge in [0.15, 0.2) is 0 Å². The van der Waals surface area contributed by atoms with Gasteiger partial charge < -0.3 is 9.64 Å². The lowest BCUT2D eigenvalue weighted by molar-refractivity contribution is 0.0599. The molecule has 0 heterocycles. The molecule has 0 radical (unpaired) electrons. The van der Waals surface area contributed by atoms with Crippen molar-refractivity contribution in [3.05, 3.63) is 34.3 Å². The van der Waals surface area contributed by atoms with Gasteiger partial charge in [-0.25, -0.2) is 4.79 Å². The standard InChI is InChI=1S/C11H14ClNO2/c1-13(2)7-8-5-4-6-9(12)10(8)11(14)15-3/h4-6H,7H2,1-3H3. The van der Waals surface area contributed by atoms with Crippen LogP contribution in [0.5, 0.6) is 0 Å². The summed E-state index contributed by atoms with van der Waals surface area (Å²) in [6.45, 7) is 0.658. The van der Waals surface area contributed by atoms with E-state index in [4.69, 9.17) is 16.3 Å². The highest BCUT2D eigenvalue weighted by molar-refractivity contribution is 6.33. The van der Waals surface area contributed by atoms with Crippen LogP contribution in [0.15, 0.2) is 18.2 Å². The average Bonchev–Trinajstić information content (AvgIpc) is 2.16. The molecule has 0 aliphatic heterocycles. The van der Waals surface area contributed by atoms with E-state index in [0.29, 0.717) is 17.1 Å². The van der Waals surface area contributed by atoms with Crippen LogP contribution >= 0.6 is 11.6 Å². The zero-order chi connectivity index (χ0) is 11.4. The third-order valence-electron chi connectivity index (χ3n) is 1.98. The molecule has 1 aromatic rings. The Morgan fingerprint density at radius 2 is 2.13 bits per heavy atom. The van der Waals surface area contributed by atoms with E-state index >= 15 is 0 Å². The van der Waals surface area contributed by atoms with Gasteiger partial charge in [-0.3, -0.25) is 0 Å². The summed E-state index contributed by atoms with van der Waals surface area (Å²) in [4.78, 5) is 13.5. The number of halogens is 1. The lowest BCUT2D eigenvalue weighted by atomic mass is 10.1. The van der Waals surface area contributed by atoms with Crippen LogP contribution in [0.25, 0.3) is 0 Å². The fourth-order valence-electron chi connectivity index (χ4n) is 1.37. The molecule has 3 nitrogen and oxygen atoms in total. The first-order valence-electron chi connectivity index (χ1n) is 4.56. The topological polar surface area (TPSA) is 29.5 Å². The monoisotopic (exact) mass is 227 g/mol. The number of nitrogens with zero attached hydrogens (tertiary/aromatic N) is 1. The van der Waals surface area contributed by atoms with Crippen LogP contribution in [-0.2, 0) is 11.3 Å². The molecule has 0 amide bonds. The molecule has 0 saturated carbocycles. The summed E-state index contributed by atoms with van der Waals surface area (Å²) in [6, 6.07) is 5.39. The van der Waals surface area contributed by atoms with Gasteiger partial charge in [-0.05, 0) is 25.7 Å². The molecule has 0 N–H and O–H groups in total. The quantitative estimate of drug-likeness (QED) is 0.742. The summed E-state index contributed by atoms with van der Waals surface area (Å²) < 4.78 is 4.70. The first kappa shape index (κ1) is 12.0. The molecule has 4 heteroatoms. The van der Waals surface area contributed by atoms with Gasteiger partial charge in [-0.2, -0.15) is 0 Å². The minimum atomic E-state index is -0.391. The maximum atomic E-state index is 11.5.